The van der Waals surface area contributed by atoms with Crippen LogP contribution in [-0.2, 0) is 19.1 Å². The van der Waals surface area contributed by atoms with Gasteiger partial charge in [0.15, 0.2) is 0 Å². The number of cyclic esters (lactones) is 2. The van der Waals surface area contributed by atoms with Crippen LogP contribution < -0.4 is 0 Å². The van der Waals surface area contributed by atoms with Gasteiger partial charge in [-0.2, -0.15) is 0 Å². The van der Waals surface area contributed by atoms with Gasteiger partial charge in [-0.15, -0.1) is 0 Å². The Hall–Kier alpha value is -1.06. The minimum Gasteiger partial charge on any atom is -0.466 e. The molecule has 0 aromatic rings. The van der Waals surface area contributed by atoms with Gasteiger partial charge in [0.25, 0.3) is 0 Å². The lowest BCUT2D eigenvalue weighted by molar-refractivity contribution is -0.145. The topological polar surface area (TPSA) is 52.6 Å². The van der Waals surface area contributed by atoms with Gasteiger partial charge in [0.2, 0.25) is 0 Å². The lowest BCUT2D eigenvalue weighted by Crippen LogP contribution is -2.07. The Morgan fingerprint density at radius 2 is 0.773 bits per heavy atom. The van der Waals surface area contributed by atoms with E-state index in [0.717, 1.165) is 51.4 Å². The van der Waals surface area contributed by atoms with Crippen LogP contribution in [0.2, 0.25) is 0 Å². The number of ether oxygens (including phenoxy) is 2. The summed E-state index contributed by atoms with van der Waals surface area (Å²) in [5, 5.41) is 0. The van der Waals surface area contributed by atoms with Gasteiger partial charge < -0.3 is 9.47 Å². The number of hydrogen-bond donors (Lipinski definition) is 0. The van der Waals surface area contributed by atoms with E-state index < -0.39 is 0 Å². The van der Waals surface area contributed by atoms with E-state index in [-0.39, 0.29) is 11.9 Å². The zero-order chi connectivity index (χ0) is 15.9. The van der Waals surface area contributed by atoms with Crippen molar-refractivity contribution < 1.29 is 19.1 Å². The molecule has 0 spiro atoms. The Bertz CT molecular complexity index is 271. The molecule has 0 atom stereocenters. The third kappa shape index (κ3) is 11.6. The fourth-order valence-electron chi connectivity index (χ4n) is 2.67. The van der Waals surface area contributed by atoms with Crippen LogP contribution in [-0.4, -0.2) is 25.2 Å². The molecule has 0 N–H and O–H groups in total. The van der Waals surface area contributed by atoms with Gasteiger partial charge in [0, 0.05) is 12.8 Å². The van der Waals surface area contributed by atoms with Gasteiger partial charge in [-0.1, -0.05) is 38.5 Å². The number of carbonyl (C=O) groups excluding carboxylic acids is 2. The Kier molecular flexibility index (Phi) is 11.7. The Balaban J connectivity index is 2.17. The second-order valence-electron chi connectivity index (χ2n) is 6.18. The second-order valence-corrected chi connectivity index (χ2v) is 6.18. The maximum Gasteiger partial charge on any atom is 0.305 e. The van der Waals surface area contributed by atoms with Crippen LogP contribution in [0.3, 0.4) is 0 Å². The normalized spacial score (nSPS) is 22.4. The quantitative estimate of drug-likeness (QED) is 0.616. The number of rotatable bonds is 0. The zero-order valence-corrected chi connectivity index (χ0v) is 13.9. The van der Waals surface area contributed by atoms with Crippen molar-refractivity contribution in [2.75, 3.05) is 13.2 Å². The summed E-state index contributed by atoms with van der Waals surface area (Å²) in [7, 11) is 0. The van der Waals surface area contributed by atoms with Crippen LogP contribution in [0.1, 0.15) is 89.9 Å². The average molecular weight is 312 g/mol. The SMILES string of the molecule is O=C1CCCCCCCCCCC(=O)OCCCCCCO1. The molecule has 22 heavy (non-hydrogen) atoms. The fourth-order valence-corrected chi connectivity index (χ4v) is 2.67. The molecule has 4 heteroatoms. The van der Waals surface area contributed by atoms with E-state index >= 15 is 0 Å². The van der Waals surface area contributed by atoms with Crippen molar-refractivity contribution in [3.63, 3.8) is 0 Å². The van der Waals surface area contributed by atoms with Crippen molar-refractivity contribution in [1.29, 1.82) is 0 Å². The number of carbonyl (C=O) groups is 2. The first-order valence-electron chi connectivity index (χ1n) is 9.10. The first-order chi connectivity index (χ1) is 10.8. The molecule has 0 amide bonds. The Morgan fingerprint density at radius 3 is 1.18 bits per heavy atom. The minimum atomic E-state index is -0.0525. The highest BCUT2D eigenvalue weighted by molar-refractivity contribution is 5.69. The maximum atomic E-state index is 11.5. The average Bonchev–Trinajstić information content (AvgIpc) is 2.50. The van der Waals surface area contributed by atoms with Crippen molar-refractivity contribution in [3.05, 3.63) is 0 Å². The summed E-state index contributed by atoms with van der Waals surface area (Å²) in [5.41, 5.74) is 0. The van der Waals surface area contributed by atoms with E-state index in [2.05, 4.69) is 0 Å². The van der Waals surface area contributed by atoms with E-state index in [9.17, 15) is 9.59 Å². The summed E-state index contributed by atoms with van der Waals surface area (Å²) in [5.74, 6) is -0.105. The van der Waals surface area contributed by atoms with Crippen molar-refractivity contribution in [1.82, 2.24) is 0 Å². The summed E-state index contributed by atoms with van der Waals surface area (Å²) in [6, 6.07) is 0. The van der Waals surface area contributed by atoms with Crippen LogP contribution in [0, 0.1) is 0 Å². The van der Waals surface area contributed by atoms with E-state index in [0.29, 0.717) is 26.1 Å². The molecule has 1 aliphatic rings. The van der Waals surface area contributed by atoms with Crippen LogP contribution in [0.5, 0.6) is 0 Å². The highest BCUT2D eigenvalue weighted by Gasteiger charge is 2.04. The molecule has 0 aromatic heterocycles. The lowest BCUT2D eigenvalue weighted by atomic mass is 10.1. The highest BCUT2D eigenvalue weighted by Crippen LogP contribution is 2.12. The molecule has 0 aliphatic carbocycles. The predicted molar refractivity (Wildman–Crippen MR) is 86.6 cm³/mol. The second kappa shape index (κ2) is 13.6. The summed E-state index contributed by atoms with van der Waals surface area (Å²) >= 11 is 0. The Labute approximate surface area is 134 Å². The molecule has 0 radical (unpaired) electrons. The molecule has 1 fully saturated rings. The zero-order valence-electron chi connectivity index (χ0n) is 13.9. The van der Waals surface area contributed by atoms with Gasteiger partial charge in [-0.3, -0.25) is 9.59 Å². The van der Waals surface area contributed by atoms with E-state index in [1.807, 2.05) is 0 Å². The van der Waals surface area contributed by atoms with Crippen molar-refractivity contribution >= 4 is 11.9 Å². The van der Waals surface area contributed by atoms with Gasteiger partial charge in [-0.05, 0) is 38.5 Å². The lowest BCUT2D eigenvalue weighted by Gasteiger charge is -2.07. The van der Waals surface area contributed by atoms with Crippen molar-refractivity contribution in [2.24, 2.45) is 0 Å². The summed E-state index contributed by atoms with van der Waals surface area (Å²) in [4.78, 5) is 23.0. The van der Waals surface area contributed by atoms with Gasteiger partial charge >= 0.3 is 11.9 Å². The molecule has 0 saturated carbocycles. The predicted octanol–water partition coefficient (Wildman–Crippen LogP) is 4.55. The summed E-state index contributed by atoms with van der Waals surface area (Å²) in [6.07, 6.45) is 13.9. The van der Waals surface area contributed by atoms with Crippen molar-refractivity contribution in [2.45, 2.75) is 89.9 Å². The fraction of sp³-hybridized carbons (Fsp3) is 0.889. The van der Waals surface area contributed by atoms with E-state index in [4.69, 9.17) is 9.47 Å². The van der Waals surface area contributed by atoms with Crippen LogP contribution >= 0.6 is 0 Å². The largest absolute Gasteiger partial charge is 0.466 e. The van der Waals surface area contributed by atoms with Crippen LogP contribution in [0.4, 0.5) is 0 Å². The first kappa shape index (κ1) is 19.0. The van der Waals surface area contributed by atoms with Gasteiger partial charge in [-0.25, -0.2) is 0 Å². The number of hydrogen-bond acceptors (Lipinski definition) is 4. The van der Waals surface area contributed by atoms with E-state index in [1.165, 1.54) is 25.7 Å². The van der Waals surface area contributed by atoms with Gasteiger partial charge in [0.05, 0.1) is 13.2 Å². The van der Waals surface area contributed by atoms with Crippen LogP contribution in [0.25, 0.3) is 0 Å². The Morgan fingerprint density at radius 1 is 0.455 bits per heavy atom. The smallest absolute Gasteiger partial charge is 0.305 e. The highest BCUT2D eigenvalue weighted by atomic mass is 16.5. The molecule has 1 aliphatic heterocycles. The van der Waals surface area contributed by atoms with Gasteiger partial charge in [0.1, 0.15) is 0 Å². The standard InChI is InChI=1S/C18H32O4/c19-17-13-9-5-3-1-2-4-6-10-14-18(20)22-16-12-8-7-11-15-21-17/h1-16H2. The molecule has 0 bridgehead atoms. The third-order valence-corrected chi connectivity index (χ3v) is 4.08. The molecule has 4 nitrogen and oxygen atoms in total. The minimum absolute atomic E-state index is 0.0525. The van der Waals surface area contributed by atoms with Crippen molar-refractivity contribution in [3.8, 4) is 0 Å². The van der Waals surface area contributed by atoms with Crippen LogP contribution in [0.15, 0.2) is 0 Å². The van der Waals surface area contributed by atoms with E-state index in [1.54, 1.807) is 0 Å². The molecular formula is C18H32O4. The third-order valence-electron chi connectivity index (χ3n) is 4.08. The summed E-state index contributed by atoms with van der Waals surface area (Å²) < 4.78 is 10.4. The molecule has 0 aromatic carbocycles. The number of esters is 2. The molecular weight excluding hydrogens is 280 g/mol. The maximum absolute atomic E-state index is 11.5. The molecule has 0 unspecified atom stereocenters. The molecule has 1 rings (SSSR count). The molecule has 1 heterocycles. The molecule has 128 valence electrons. The first-order valence-corrected chi connectivity index (χ1v) is 9.10. The monoisotopic (exact) mass is 312 g/mol. The summed E-state index contributed by atoms with van der Waals surface area (Å²) in [6.45, 7) is 1.05. The molecule has 1 saturated heterocycles.